The van der Waals surface area contributed by atoms with E-state index in [1.165, 1.54) is 12.1 Å². The van der Waals surface area contributed by atoms with E-state index in [-0.39, 0.29) is 10.9 Å². The molecule has 0 saturated heterocycles. The summed E-state index contributed by atoms with van der Waals surface area (Å²) in [5.74, 6) is -0.315. The first kappa shape index (κ1) is 15.9. The van der Waals surface area contributed by atoms with E-state index in [9.17, 15) is 9.18 Å². The summed E-state index contributed by atoms with van der Waals surface area (Å²) in [7, 11) is 1.59. The van der Waals surface area contributed by atoms with Crippen molar-refractivity contribution in [1.82, 2.24) is 4.90 Å². The number of hydrogen-bond acceptors (Lipinski definition) is 2. The lowest BCUT2D eigenvalue weighted by Gasteiger charge is -2.24. The molecule has 1 rings (SSSR count). The van der Waals surface area contributed by atoms with E-state index in [1.54, 1.807) is 12.0 Å². The molecule has 3 nitrogen and oxygen atoms in total. The summed E-state index contributed by atoms with van der Waals surface area (Å²) in [4.78, 5) is 14.1. The van der Waals surface area contributed by atoms with Crippen LogP contribution in [0.3, 0.4) is 0 Å². The first-order valence-corrected chi connectivity index (χ1v) is 6.56. The third-order valence-corrected chi connectivity index (χ3v) is 2.91. The lowest BCUT2D eigenvalue weighted by Crippen LogP contribution is -2.36. The van der Waals surface area contributed by atoms with Gasteiger partial charge in [-0.05, 0) is 24.1 Å². The smallest absolute Gasteiger partial charge is 0.255 e. The Morgan fingerprint density at radius 2 is 2.16 bits per heavy atom. The van der Waals surface area contributed by atoms with Crippen molar-refractivity contribution < 1.29 is 13.9 Å². The molecule has 0 aromatic heterocycles. The highest BCUT2D eigenvalue weighted by atomic mass is 35.5. The molecule has 19 heavy (non-hydrogen) atoms. The third-order valence-electron chi connectivity index (χ3n) is 2.60. The minimum Gasteiger partial charge on any atom is -0.383 e. The van der Waals surface area contributed by atoms with Crippen LogP contribution in [0.2, 0.25) is 5.02 Å². The molecule has 0 N–H and O–H groups in total. The quantitative estimate of drug-likeness (QED) is 0.804. The number of nitrogens with zero attached hydrogens (tertiary/aromatic N) is 1. The third kappa shape index (κ3) is 4.80. The molecule has 0 saturated carbocycles. The highest BCUT2D eigenvalue weighted by molar-refractivity contribution is 6.33. The Kier molecular flexibility index (Phi) is 6.25. The predicted octanol–water partition coefficient (Wildman–Crippen LogP) is 3.22. The zero-order valence-electron chi connectivity index (χ0n) is 11.5. The fourth-order valence-corrected chi connectivity index (χ4v) is 2.00. The number of carbonyl (C=O) groups excluding carboxylic acids is 1. The first-order chi connectivity index (χ1) is 8.95. The molecule has 5 heteroatoms. The van der Waals surface area contributed by atoms with Crippen LogP contribution in [-0.4, -0.2) is 37.6 Å². The van der Waals surface area contributed by atoms with Gasteiger partial charge in [0.25, 0.3) is 5.91 Å². The molecule has 0 aliphatic heterocycles. The van der Waals surface area contributed by atoms with Gasteiger partial charge in [-0.1, -0.05) is 25.4 Å². The van der Waals surface area contributed by atoms with Gasteiger partial charge in [-0.3, -0.25) is 4.79 Å². The second-order valence-corrected chi connectivity index (χ2v) is 5.17. The summed E-state index contributed by atoms with van der Waals surface area (Å²) in [5, 5.41) is 0.135. The SMILES string of the molecule is COCCN(CC(C)C)C(=O)c1ccc(F)cc1Cl. The fraction of sp³-hybridized carbons (Fsp3) is 0.500. The van der Waals surface area contributed by atoms with Gasteiger partial charge in [0.05, 0.1) is 17.2 Å². The van der Waals surface area contributed by atoms with Gasteiger partial charge in [0.1, 0.15) is 5.82 Å². The van der Waals surface area contributed by atoms with E-state index >= 15 is 0 Å². The van der Waals surface area contributed by atoms with Gasteiger partial charge in [0.15, 0.2) is 0 Å². The molecular weight excluding hydrogens is 269 g/mol. The van der Waals surface area contributed by atoms with E-state index in [2.05, 4.69) is 0 Å². The Morgan fingerprint density at radius 3 is 2.68 bits per heavy atom. The molecular formula is C14H19ClFNO2. The number of carbonyl (C=O) groups is 1. The highest BCUT2D eigenvalue weighted by Crippen LogP contribution is 2.19. The Labute approximate surface area is 118 Å². The topological polar surface area (TPSA) is 29.5 Å². The predicted molar refractivity (Wildman–Crippen MR) is 74.0 cm³/mol. The Bertz CT molecular complexity index is 437. The zero-order chi connectivity index (χ0) is 14.4. The molecule has 106 valence electrons. The minimum absolute atomic E-state index is 0.135. The van der Waals surface area contributed by atoms with E-state index in [0.717, 1.165) is 6.07 Å². The summed E-state index contributed by atoms with van der Waals surface area (Å²) < 4.78 is 18.0. The van der Waals surface area contributed by atoms with Crippen molar-refractivity contribution in [1.29, 1.82) is 0 Å². The number of amides is 1. The van der Waals surface area contributed by atoms with E-state index < -0.39 is 5.82 Å². The molecule has 0 radical (unpaired) electrons. The summed E-state index contributed by atoms with van der Waals surface area (Å²) in [5.41, 5.74) is 0.319. The molecule has 0 fully saturated rings. The zero-order valence-corrected chi connectivity index (χ0v) is 12.2. The van der Waals surface area contributed by atoms with Crippen LogP contribution in [0.15, 0.2) is 18.2 Å². The number of rotatable bonds is 6. The van der Waals surface area contributed by atoms with Crippen LogP contribution >= 0.6 is 11.6 Å². The van der Waals surface area contributed by atoms with Gasteiger partial charge >= 0.3 is 0 Å². The second-order valence-electron chi connectivity index (χ2n) is 4.76. The van der Waals surface area contributed by atoms with E-state index in [4.69, 9.17) is 16.3 Å². The number of methoxy groups -OCH3 is 1. The average molecular weight is 288 g/mol. The Morgan fingerprint density at radius 1 is 1.47 bits per heavy atom. The standard InChI is InChI=1S/C14H19ClFNO2/c1-10(2)9-17(6-7-19-3)14(18)12-5-4-11(16)8-13(12)15/h4-5,8,10H,6-7,9H2,1-3H3. The maximum atomic E-state index is 13.0. The molecule has 0 aliphatic rings. The second kappa shape index (κ2) is 7.46. The van der Waals surface area contributed by atoms with Crippen LogP contribution in [0.5, 0.6) is 0 Å². The molecule has 0 bridgehead atoms. The van der Waals surface area contributed by atoms with Crippen molar-refractivity contribution in [2.24, 2.45) is 5.92 Å². The van der Waals surface area contributed by atoms with Gasteiger partial charge in [0, 0.05) is 20.2 Å². The summed E-state index contributed by atoms with van der Waals surface area (Å²) in [6.07, 6.45) is 0. The van der Waals surface area contributed by atoms with Crippen molar-refractivity contribution in [2.45, 2.75) is 13.8 Å². The van der Waals surface area contributed by atoms with E-state index in [0.29, 0.717) is 31.2 Å². The van der Waals surface area contributed by atoms with Gasteiger partial charge in [-0.2, -0.15) is 0 Å². The van der Waals surface area contributed by atoms with Gasteiger partial charge < -0.3 is 9.64 Å². The van der Waals surface area contributed by atoms with E-state index in [1.807, 2.05) is 13.8 Å². The van der Waals surface area contributed by atoms with Crippen molar-refractivity contribution >= 4 is 17.5 Å². The van der Waals surface area contributed by atoms with Crippen LogP contribution in [0, 0.1) is 11.7 Å². The molecule has 1 aromatic carbocycles. The number of benzene rings is 1. The molecule has 0 atom stereocenters. The Hall–Kier alpha value is -1.13. The largest absolute Gasteiger partial charge is 0.383 e. The monoisotopic (exact) mass is 287 g/mol. The van der Waals surface area contributed by atoms with Gasteiger partial charge in [-0.15, -0.1) is 0 Å². The average Bonchev–Trinajstić information content (AvgIpc) is 2.33. The minimum atomic E-state index is -0.450. The molecule has 0 spiro atoms. The van der Waals surface area contributed by atoms with Crippen LogP contribution in [0.25, 0.3) is 0 Å². The summed E-state index contributed by atoms with van der Waals surface area (Å²) in [6.45, 7) is 5.60. The molecule has 0 unspecified atom stereocenters. The maximum absolute atomic E-state index is 13.0. The molecule has 0 heterocycles. The lowest BCUT2D eigenvalue weighted by atomic mass is 10.1. The van der Waals surface area contributed by atoms with Gasteiger partial charge in [-0.25, -0.2) is 4.39 Å². The van der Waals surface area contributed by atoms with Crippen LogP contribution in [-0.2, 0) is 4.74 Å². The normalized spacial score (nSPS) is 10.8. The fourth-order valence-electron chi connectivity index (χ4n) is 1.75. The lowest BCUT2D eigenvalue weighted by molar-refractivity contribution is 0.0672. The molecule has 1 aromatic rings. The molecule has 0 aliphatic carbocycles. The number of ether oxygens (including phenoxy) is 1. The Balaban J connectivity index is 2.90. The van der Waals surface area contributed by atoms with Crippen LogP contribution in [0.4, 0.5) is 4.39 Å². The van der Waals surface area contributed by atoms with Crippen LogP contribution < -0.4 is 0 Å². The first-order valence-electron chi connectivity index (χ1n) is 6.19. The van der Waals surface area contributed by atoms with Crippen molar-refractivity contribution in [3.05, 3.63) is 34.6 Å². The summed E-state index contributed by atoms with van der Waals surface area (Å²) in [6, 6.07) is 3.81. The summed E-state index contributed by atoms with van der Waals surface area (Å²) >= 11 is 5.92. The number of halogens is 2. The van der Waals surface area contributed by atoms with Gasteiger partial charge in [0.2, 0.25) is 0 Å². The van der Waals surface area contributed by atoms with Crippen molar-refractivity contribution in [3.63, 3.8) is 0 Å². The maximum Gasteiger partial charge on any atom is 0.255 e. The van der Waals surface area contributed by atoms with Crippen LogP contribution in [0.1, 0.15) is 24.2 Å². The highest BCUT2D eigenvalue weighted by Gasteiger charge is 2.19. The number of hydrogen-bond donors (Lipinski definition) is 0. The van der Waals surface area contributed by atoms with Crippen molar-refractivity contribution in [2.75, 3.05) is 26.8 Å². The van der Waals surface area contributed by atoms with Crippen molar-refractivity contribution in [3.8, 4) is 0 Å². The molecule has 1 amide bonds.